The Hall–Kier alpha value is -1.16. The first-order valence-corrected chi connectivity index (χ1v) is 5.51. The van der Waals surface area contributed by atoms with E-state index in [-0.39, 0.29) is 11.8 Å². The maximum Gasteiger partial charge on any atom is 0.229 e. The summed E-state index contributed by atoms with van der Waals surface area (Å²) >= 11 is 1.66. The van der Waals surface area contributed by atoms with Crippen molar-refractivity contribution in [2.75, 3.05) is 6.54 Å². The Kier molecular flexibility index (Phi) is 2.63. The molecule has 0 bridgehead atoms. The van der Waals surface area contributed by atoms with E-state index in [9.17, 15) is 9.59 Å². The highest BCUT2D eigenvalue weighted by Crippen LogP contribution is 2.14. The maximum absolute atomic E-state index is 11.3. The van der Waals surface area contributed by atoms with Crippen LogP contribution in [0.25, 0.3) is 0 Å². The topological polar surface area (TPSA) is 37.4 Å². The van der Waals surface area contributed by atoms with Crippen LogP contribution in [0, 0.1) is 0 Å². The van der Waals surface area contributed by atoms with E-state index in [4.69, 9.17) is 0 Å². The van der Waals surface area contributed by atoms with E-state index in [1.807, 2.05) is 17.5 Å². The van der Waals surface area contributed by atoms with Crippen molar-refractivity contribution < 1.29 is 9.59 Å². The van der Waals surface area contributed by atoms with E-state index in [0.29, 0.717) is 19.4 Å². The fourth-order valence-corrected chi connectivity index (χ4v) is 2.25. The van der Waals surface area contributed by atoms with Gasteiger partial charge in [0.1, 0.15) is 0 Å². The molecule has 0 spiro atoms. The van der Waals surface area contributed by atoms with E-state index in [2.05, 4.69) is 0 Å². The first kappa shape index (κ1) is 9.40. The highest BCUT2D eigenvalue weighted by atomic mass is 32.1. The summed E-state index contributed by atoms with van der Waals surface area (Å²) in [6.07, 6.45) is 1.57. The highest BCUT2D eigenvalue weighted by Gasteiger charge is 2.28. The van der Waals surface area contributed by atoms with Crippen molar-refractivity contribution in [2.24, 2.45) is 0 Å². The molecule has 1 aliphatic rings. The standard InChI is InChI=1S/C10H11NO2S/c12-9-3-4-10(13)11(9)6-5-8-2-1-7-14-8/h1-2,7H,3-6H2. The van der Waals surface area contributed by atoms with Gasteiger partial charge in [0.25, 0.3) is 0 Å². The second-order valence-electron chi connectivity index (χ2n) is 3.27. The van der Waals surface area contributed by atoms with Crippen LogP contribution in [0.15, 0.2) is 17.5 Å². The van der Waals surface area contributed by atoms with Crippen molar-refractivity contribution in [3.63, 3.8) is 0 Å². The van der Waals surface area contributed by atoms with Crippen molar-refractivity contribution >= 4 is 23.2 Å². The molecule has 0 aliphatic carbocycles. The van der Waals surface area contributed by atoms with Gasteiger partial charge in [0.2, 0.25) is 11.8 Å². The molecule has 1 fully saturated rings. The van der Waals surface area contributed by atoms with Crippen LogP contribution in [0.5, 0.6) is 0 Å². The third kappa shape index (κ3) is 1.85. The minimum absolute atomic E-state index is 0.0217. The molecule has 74 valence electrons. The lowest BCUT2D eigenvalue weighted by molar-refractivity contribution is -0.138. The lowest BCUT2D eigenvalue weighted by atomic mass is 10.3. The maximum atomic E-state index is 11.3. The molecule has 1 aromatic rings. The third-order valence-corrected chi connectivity index (χ3v) is 3.25. The summed E-state index contributed by atoms with van der Waals surface area (Å²) in [5, 5.41) is 2.00. The molecular weight excluding hydrogens is 198 g/mol. The van der Waals surface area contributed by atoms with Crippen molar-refractivity contribution in [1.82, 2.24) is 4.90 Å². The highest BCUT2D eigenvalue weighted by molar-refractivity contribution is 7.09. The van der Waals surface area contributed by atoms with Crippen LogP contribution in [0.4, 0.5) is 0 Å². The van der Waals surface area contributed by atoms with E-state index < -0.39 is 0 Å². The van der Waals surface area contributed by atoms with Gasteiger partial charge in [-0.05, 0) is 17.9 Å². The zero-order valence-corrected chi connectivity index (χ0v) is 8.55. The van der Waals surface area contributed by atoms with Gasteiger partial charge >= 0.3 is 0 Å². The van der Waals surface area contributed by atoms with E-state index in [1.54, 1.807) is 11.3 Å². The van der Waals surface area contributed by atoms with Gasteiger partial charge in [0.15, 0.2) is 0 Å². The van der Waals surface area contributed by atoms with Gasteiger partial charge in [-0.25, -0.2) is 0 Å². The molecule has 0 aromatic carbocycles. The molecule has 2 rings (SSSR count). The van der Waals surface area contributed by atoms with Gasteiger partial charge in [-0.1, -0.05) is 6.07 Å². The molecule has 3 nitrogen and oxygen atoms in total. The first-order chi connectivity index (χ1) is 6.77. The number of rotatable bonds is 3. The lowest BCUT2D eigenvalue weighted by Gasteiger charge is -2.12. The third-order valence-electron chi connectivity index (χ3n) is 2.32. The number of hydrogen-bond donors (Lipinski definition) is 0. The van der Waals surface area contributed by atoms with Crippen LogP contribution in [-0.2, 0) is 16.0 Å². The van der Waals surface area contributed by atoms with Crippen molar-refractivity contribution in [3.8, 4) is 0 Å². The normalized spacial score (nSPS) is 16.7. The van der Waals surface area contributed by atoms with Crippen LogP contribution in [-0.4, -0.2) is 23.3 Å². The van der Waals surface area contributed by atoms with Crippen molar-refractivity contribution in [1.29, 1.82) is 0 Å². The zero-order chi connectivity index (χ0) is 9.97. The average Bonchev–Trinajstić information content (AvgIpc) is 2.76. The Morgan fingerprint density at radius 3 is 2.57 bits per heavy atom. The summed E-state index contributed by atoms with van der Waals surface area (Å²) in [6.45, 7) is 0.540. The number of carbonyl (C=O) groups excluding carboxylic acids is 2. The largest absolute Gasteiger partial charge is 0.282 e. The van der Waals surface area contributed by atoms with Gasteiger partial charge < -0.3 is 0 Å². The van der Waals surface area contributed by atoms with E-state index >= 15 is 0 Å². The predicted octanol–water partition coefficient (Wildman–Crippen LogP) is 1.44. The summed E-state index contributed by atoms with van der Waals surface area (Å²) in [5.41, 5.74) is 0. The van der Waals surface area contributed by atoms with Crippen LogP contribution in [0.1, 0.15) is 17.7 Å². The van der Waals surface area contributed by atoms with E-state index in [0.717, 1.165) is 6.42 Å². The predicted molar refractivity (Wildman–Crippen MR) is 54.0 cm³/mol. The summed E-state index contributed by atoms with van der Waals surface area (Å²) < 4.78 is 0. The molecule has 1 aliphatic heterocycles. The fourth-order valence-electron chi connectivity index (χ4n) is 1.55. The minimum atomic E-state index is -0.0217. The van der Waals surface area contributed by atoms with Crippen LogP contribution >= 0.6 is 11.3 Å². The minimum Gasteiger partial charge on any atom is -0.282 e. The van der Waals surface area contributed by atoms with Crippen molar-refractivity contribution in [2.45, 2.75) is 19.3 Å². The monoisotopic (exact) mass is 209 g/mol. The molecule has 0 atom stereocenters. The molecule has 14 heavy (non-hydrogen) atoms. The number of likely N-dealkylation sites (tertiary alicyclic amines) is 1. The Morgan fingerprint density at radius 1 is 1.29 bits per heavy atom. The van der Waals surface area contributed by atoms with Gasteiger partial charge in [-0.3, -0.25) is 14.5 Å². The molecule has 0 unspecified atom stereocenters. The van der Waals surface area contributed by atoms with E-state index in [1.165, 1.54) is 9.78 Å². The summed E-state index contributed by atoms with van der Waals surface area (Å²) in [4.78, 5) is 25.1. The summed E-state index contributed by atoms with van der Waals surface area (Å²) in [7, 11) is 0. The molecule has 1 aromatic heterocycles. The Morgan fingerprint density at radius 2 is 2.00 bits per heavy atom. The van der Waals surface area contributed by atoms with Crippen LogP contribution in [0.2, 0.25) is 0 Å². The van der Waals surface area contributed by atoms with Crippen LogP contribution < -0.4 is 0 Å². The smallest absolute Gasteiger partial charge is 0.229 e. The number of hydrogen-bond acceptors (Lipinski definition) is 3. The van der Waals surface area contributed by atoms with Gasteiger partial charge in [0.05, 0.1) is 0 Å². The lowest BCUT2D eigenvalue weighted by Crippen LogP contribution is -2.30. The molecule has 1 saturated heterocycles. The van der Waals surface area contributed by atoms with Gasteiger partial charge in [-0.2, -0.15) is 0 Å². The Labute approximate surface area is 86.3 Å². The summed E-state index contributed by atoms with van der Waals surface area (Å²) in [5.74, 6) is -0.0434. The molecular formula is C10H11NO2S. The number of nitrogens with zero attached hydrogens (tertiary/aromatic N) is 1. The first-order valence-electron chi connectivity index (χ1n) is 4.63. The second-order valence-corrected chi connectivity index (χ2v) is 4.30. The average molecular weight is 209 g/mol. The number of thiophene rings is 1. The molecule has 0 radical (unpaired) electrons. The summed E-state index contributed by atoms with van der Waals surface area (Å²) in [6, 6.07) is 4.00. The Balaban J connectivity index is 1.92. The van der Waals surface area contributed by atoms with Crippen LogP contribution in [0.3, 0.4) is 0 Å². The van der Waals surface area contributed by atoms with Gasteiger partial charge in [0, 0.05) is 24.3 Å². The Bertz CT molecular complexity index is 329. The number of carbonyl (C=O) groups is 2. The zero-order valence-electron chi connectivity index (χ0n) is 7.73. The molecule has 2 amide bonds. The quantitative estimate of drug-likeness (QED) is 0.706. The SMILES string of the molecule is O=C1CCC(=O)N1CCc1cccs1. The number of imide groups is 1. The molecule has 0 saturated carbocycles. The molecule has 2 heterocycles. The molecule has 4 heteroatoms. The second kappa shape index (κ2) is 3.92. The van der Waals surface area contributed by atoms with Gasteiger partial charge in [-0.15, -0.1) is 11.3 Å². The molecule has 0 N–H and O–H groups in total. The van der Waals surface area contributed by atoms with Crippen molar-refractivity contribution in [3.05, 3.63) is 22.4 Å². The number of amides is 2. The fraction of sp³-hybridized carbons (Fsp3) is 0.400.